The van der Waals surface area contributed by atoms with E-state index < -0.39 is 154 Å². The van der Waals surface area contributed by atoms with Crippen molar-refractivity contribution in [3.63, 3.8) is 0 Å². The Hall–Kier alpha value is -1.14. The first kappa shape index (κ1) is 58.1. The third-order valence-corrected chi connectivity index (χ3v) is 22.1. The maximum Gasteiger partial charge on any atom is 0.187 e. The minimum absolute atomic E-state index is 0.0748. The van der Waals surface area contributed by atoms with Crippen molar-refractivity contribution in [1.29, 1.82) is 0 Å². The van der Waals surface area contributed by atoms with E-state index in [9.17, 15) is 66.4 Å². The van der Waals surface area contributed by atoms with Crippen LogP contribution in [0, 0.1) is 50.2 Å². The van der Waals surface area contributed by atoms with Gasteiger partial charge in [0.2, 0.25) is 0 Å². The monoisotopic (exact) mass is 1090 g/mol. The number of hydrogen-bond donors (Lipinski definition) is 13. The van der Waals surface area contributed by atoms with Gasteiger partial charge in [0.25, 0.3) is 0 Å². The summed E-state index contributed by atoms with van der Waals surface area (Å²) in [5.41, 5.74) is -1.43. The van der Waals surface area contributed by atoms with Gasteiger partial charge in [0, 0.05) is 16.7 Å². The maximum atomic E-state index is 12.0. The van der Waals surface area contributed by atoms with Crippen LogP contribution in [0.2, 0.25) is 0 Å². The molecule has 5 heterocycles. The molecule has 0 aromatic heterocycles. The Labute approximate surface area is 444 Å². The van der Waals surface area contributed by atoms with Gasteiger partial charge in [-0.15, -0.1) is 0 Å². The minimum atomic E-state index is -2.04. The standard InChI is InChI=1S/C54H88O22/c1-24-32(59)42(75-46-40(67)37(64)41(27(21-57)72-46)74-44-38(65)35(62)33(60)25(19-55)70-44)43(76-45-39(66)36(63)34(61)26(20-56)71-45)47(69-24)73-31-10-11-49(4)28(50(31,5)22-58)8-12-51(6)29(49)9-13-54-30-18-48(2,3)14-16-53(30,23-68-54)17-15-52(51,54)7/h9,13,24-47,55-67H,8,10-12,14-23H2,1-7H3/t24-,25-,26-,27-,28-,29-,30-,31+,32+,33-,34-,35+,36+,37-,38-,39-,40-,41-,42+,43-,44+,45+,46+,47+,49+,50+,51-,52+,53-,54+/m1/s1. The van der Waals surface area contributed by atoms with Crippen LogP contribution in [0.25, 0.3) is 0 Å². The Morgan fingerprint density at radius 1 is 0.513 bits per heavy atom. The molecular weight excluding hydrogens is 1000 g/mol. The first-order chi connectivity index (χ1) is 35.7. The molecule has 10 rings (SSSR count). The SMILES string of the molecule is C[C@H]1O[C@@H](O[C@H]2CC[C@@]3(C)[C@@H](CC[C@]4(C)[C@@H]3C=C[C@]35OC[C@@]6(CCC(C)(C)C[C@H]63)CC[C@]54C)[C@]2(C)CO)[C@H](O[C@@H]2O[C@H](CO)[C@@H](O)[C@H](O)[C@H]2O)[C@@H](O[C@@H]2O[C@H](CO)[C@@H](O[C@@H]3O[C@H](CO)[C@@H](O)[C@H](O)[C@H]3O)[C@H](O)[C@H]2O)[C@H]1O. The van der Waals surface area contributed by atoms with Gasteiger partial charge >= 0.3 is 0 Å². The van der Waals surface area contributed by atoms with Crippen molar-refractivity contribution in [3.8, 4) is 0 Å². The summed E-state index contributed by atoms with van der Waals surface area (Å²) in [4.78, 5) is 0. The zero-order valence-electron chi connectivity index (χ0n) is 44.9. The van der Waals surface area contributed by atoms with Crippen LogP contribution in [0.15, 0.2) is 12.2 Å². The highest BCUT2D eigenvalue weighted by Crippen LogP contribution is 2.79. The predicted octanol–water partition coefficient (Wildman–Crippen LogP) is -1.55. The molecule has 0 amide bonds. The summed E-state index contributed by atoms with van der Waals surface area (Å²) in [5, 5.41) is 142. The zero-order valence-corrected chi connectivity index (χ0v) is 44.9. The van der Waals surface area contributed by atoms with Crippen LogP contribution in [-0.2, 0) is 42.6 Å². The molecule has 22 heteroatoms. The normalized spacial score (nSPS) is 57.7. The largest absolute Gasteiger partial charge is 0.396 e. The van der Waals surface area contributed by atoms with E-state index in [1.54, 1.807) is 0 Å². The maximum absolute atomic E-state index is 12.0. The molecule has 0 aromatic carbocycles. The summed E-state index contributed by atoms with van der Waals surface area (Å²) < 4.78 is 56.4. The van der Waals surface area contributed by atoms with Crippen LogP contribution in [-0.4, -0.2) is 234 Å². The molecule has 436 valence electrons. The molecule has 1 spiro atoms. The lowest BCUT2D eigenvalue weighted by Gasteiger charge is -2.73. The van der Waals surface area contributed by atoms with E-state index in [-0.39, 0.29) is 51.1 Å². The van der Waals surface area contributed by atoms with Gasteiger partial charge in [-0.1, -0.05) is 53.7 Å². The topological polar surface area (TPSA) is 346 Å². The third kappa shape index (κ3) is 8.71. The van der Waals surface area contributed by atoms with E-state index in [1.807, 2.05) is 6.92 Å². The molecular formula is C54H88O22. The molecule has 13 N–H and O–H groups in total. The minimum Gasteiger partial charge on any atom is -0.396 e. The average molecular weight is 1090 g/mol. The van der Waals surface area contributed by atoms with Gasteiger partial charge in [0.05, 0.1) is 50.8 Å². The summed E-state index contributed by atoms with van der Waals surface area (Å²) in [5.74, 6) is 0.494. The Morgan fingerprint density at radius 2 is 1.07 bits per heavy atom. The van der Waals surface area contributed by atoms with Crippen LogP contribution in [0.5, 0.6) is 0 Å². The van der Waals surface area contributed by atoms with E-state index in [2.05, 4.69) is 46.8 Å². The molecule has 5 aliphatic carbocycles. The van der Waals surface area contributed by atoms with Crippen molar-refractivity contribution in [2.75, 3.05) is 33.0 Å². The van der Waals surface area contributed by atoms with E-state index in [4.69, 9.17) is 42.6 Å². The molecule has 0 unspecified atom stereocenters. The Balaban J connectivity index is 0.930. The lowest BCUT2D eigenvalue weighted by Crippen LogP contribution is -2.71. The fourth-order valence-corrected chi connectivity index (χ4v) is 17.2. The van der Waals surface area contributed by atoms with Gasteiger partial charge in [-0.3, -0.25) is 0 Å². The van der Waals surface area contributed by atoms with Crippen LogP contribution >= 0.6 is 0 Å². The van der Waals surface area contributed by atoms with Crippen molar-refractivity contribution in [2.45, 2.75) is 241 Å². The van der Waals surface area contributed by atoms with Crippen molar-refractivity contribution in [3.05, 3.63) is 12.2 Å². The Kier molecular flexibility index (Phi) is 15.8. The second kappa shape index (κ2) is 20.6. The molecule has 30 atom stereocenters. The highest BCUT2D eigenvalue weighted by Gasteiger charge is 2.77. The number of rotatable bonds is 12. The van der Waals surface area contributed by atoms with E-state index in [0.29, 0.717) is 18.8 Å². The summed E-state index contributed by atoms with van der Waals surface area (Å²) in [6.07, 6.45) is -21.5. The Morgan fingerprint density at radius 3 is 1.66 bits per heavy atom. The number of fused-ring (bicyclic) bond motifs is 4. The molecule has 5 saturated heterocycles. The first-order valence-corrected chi connectivity index (χ1v) is 27.9. The van der Waals surface area contributed by atoms with Crippen molar-refractivity contribution >= 4 is 0 Å². The van der Waals surface area contributed by atoms with Crippen LogP contribution in [0.1, 0.15) is 106 Å². The summed E-state index contributed by atoms with van der Waals surface area (Å²) in [6, 6.07) is 0. The molecule has 0 aromatic rings. The van der Waals surface area contributed by atoms with Gasteiger partial charge < -0.3 is 109 Å². The average Bonchev–Trinajstić information content (AvgIpc) is 3.63. The van der Waals surface area contributed by atoms with Gasteiger partial charge in [-0.25, -0.2) is 0 Å². The molecule has 22 nitrogen and oxygen atoms in total. The number of aliphatic hydroxyl groups excluding tert-OH is 13. The first-order valence-electron chi connectivity index (χ1n) is 27.9. The van der Waals surface area contributed by atoms with Crippen molar-refractivity contribution < 1.29 is 109 Å². The molecule has 0 radical (unpaired) electrons. The fourth-order valence-electron chi connectivity index (χ4n) is 17.2. The summed E-state index contributed by atoms with van der Waals surface area (Å²) >= 11 is 0. The van der Waals surface area contributed by atoms with Crippen LogP contribution in [0.4, 0.5) is 0 Å². The molecule has 4 saturated carbocycles. The lowest BCUT2D eigenvalue weighted by molar-refractivity contribution is -0.403. The Bertz CT molecular complexity index is 2080. The van der Waals surface area contributed by atoms with E-state index in [0.717, 1.165) is 38.7 Å². The summed E-state index contributed by atoms with van der Waals surface area (Å²) in [6.45, 7) is 13.7. The highest BCUT2D eigenvalue weighted by atomic mass is 16.8. The second-order valence-electron chi connectivity index (χ2n) is 26.5. The highest BCUT2D eigenvalue weighted by molar-refractivity contribution is 5.35. The number of allylic oxidation sites excluding steroid dienone is 1. The van der Waals surface area contributed by atoms with Gasteiger partial charge in [0.15, 0.2) is 25.2 Å². The lowest BCUT2D eigenvalue weighted by atomic mass is 9.32. The number of ether oxygens (including phenoxy) is 9. The third-order valence-electron chi connectivity index (χ3n) is 22.1. The molecule has 10 aliphatic rings. The molecule has 2 bridgehead atoms. The second-order valence-corrected chi connectivity index (χ2v) is 26.5. The summed E-state index contributed by atoms with van der Waals surface area (Å²) in [7, 11) is 0. The van der Waals surface area contributed by atoms with Gasteiger partial charge in [-0.05, 0) is 98.2 Å². The quantitative estimate of drug-likeness (QED) is 0.0778. The number of aliphatic hydroxyl groups is 13. The van der Waals surface area contributed by atoms with Gasteiger partial charge in [-0.2, -0.15) is 0 Å². The van der Waals surface area contributed by atoms with Gasteiger partial charge in [0.1, 0.15) is 91.6 Å². The molecule has 9 fully saturated rings. The fraction of sp³-hybridized carbons (Fsp3) is 0.963. The van der Waals surface area contributed by atoms with E-state index >= 15 is 0 Å². The van der Waals surface area contributed by atoms with E-state index in [1.165, 1.54) is 19.8 Å². The van der Waals surface area contributed by atoms with Crippen molar-refractivity contribution in [1.82, 2.24) is 0 Å². The molecule has 5 aliphatic heterocycles. The van der Waals surface area contributed by atoms with Crippen LogP contribution in [0.3, 0.4) is 0 Å². The zero-order chi connectivity index (χ0) is 55.0. The number of hydrogen-bond acceptors (Lipinski definition) is 22. The van der Waals surface area contributed by atoms with Crippen LogP contribution < -0.4 is 0 Å². The smallest absolute Gasteiger partial charge is 0.187 e. The molecule has 76 heavy (non-hydrogen) atoms. The predicted molar refractivity (Wildman–Crippen MR) is 261 cm³/mol. The van der Waals surface area contributed by atoms with Crippen molar-refractivity contribution in [2.24, 2.45) is 50.2 Å².